The number of halogens is 1. The third kappa shape index (κ3) is 3.29. The van der Waals surface area contributed by atoms with Crippen LogP contribution < -0.4 is 9.47 Å². The van der Waals surface area contributed by atoms with Crippen molar-refractivity contribution >= 4 is 23.8 Å². The zero-order chi connectivity index (χ0) is 14.7. The second kappa shape index (κ2) is 6.06. The molecule has 1 aliphatic rings. The maximum absolute atomic E-state index is 5.88. The topological polar surface area (TPSA) is 18.5 Å². The lowest BCUT2D eigenvalue weighted by Crippen LogP contribution is -2.05. The van der Waals surface area contributed by atoms with Gasteiger partial charge < -0.3 is 9.47 Å². The van der Waals surface area contributed by atoms with Gasteiger partial charge in [-0.25, -0.2) is 0 Å². The lowest BCUT2D eigenvalue weighted by Gasteiger charge is -2.16. The average molecular weight is 299 g/mol. The fraction of sp³-hybridized carbons (Fsp3) is 0.111. The molecule has 3 rings (SSSR count). The molecule has 0 fully saturated rings. The number of fused-ring (bicyclic) bond motifs is 1. The fourth-order valence-electron chi connectivity index (χ4n) is 2.17. The Labute approximate surface area is 129 Å². The third-order valence-corrected chi connectivity index (χ3v) is 3.56. The van der Waals surface area contributed by atoms with Crippen molar-refractivity contribution in [3.63, 3.8) is 0 Å². The lowest BCUT2D eigenvalue weighted by atomic mass is 10.1. The number of rotatable bonds is 3. The van der Waals surface area contributed by atoms with Gasteiger partial charge in [0, 0.05) is 10.6 Å². The molecule has 0 saturated carbocycles. The maximum Gasteiger partial charge on any atom is 0.127 e. The smallest absolute Gasteiger partial charge is 0.127 e. The Morgan fingerprint density at radius 3 is 2.67 bits per heavy atom. The van der Waals surface area contributed by atoms with Gasteiger partial charge in [0.25, 0.3) is 0 Å². The molecule has 0 unspecified atom stereocenters. The van der Waals surface area contributed by atoms with E-state index in [0.717, 1.165) is 33.2 Å². The first-order chi connectivity index (χ1) is 10.2. The van der Waals surface area contributed by atoms with Gasteiger partial charge in [-0.2, -0.15) is 0 Å². The Morgan fingerprint density at radius 1 is 1.10 bits per heavy atom. The van der Waals surface area contributed by atoms with E-state index in [1.165, 1.54) is 0 Å². The molecule has 21 heavy (non-hydrogen) atoms. The summed E-state index contributed by atoms with van der Waals surface area (Å²) >= 11 is 5.88. The standard InChI is InChI=1S/C18H15ClO2/c1-20-17-8-9-18-15(11-17)10-14(12-21-18)3-2-13-4-6-16(19)7-5-13/h2-11H,12H2,1H3/b3-2+. The minimum atomic E-state index is 0.573. The third-order valence-electron chi connectivity index (χ3n) is 3.31. The van der Waals surface area contributed by atoms with Crippen LogP contribution in [0.2, 0.25) is 5.02 Å². The Balaban J connectivity index is 1.83. The molecule has 1 heterocycles. The molecule has 2 nitrogen and oxygen atoms in total. The highest BCUT2D eigenvalue weighted by Gasteiger charge is 2.10. The highest BCUT2D eigenvalue weighted by Crippen LogP contribution is 2.30. The highest BCUT2D eigenvalue weighted by atomic mass is 35.5. The largest absolute Gasteiger partial charge is 0.497 e. The number of benzene rings is 2. The van der Waals surface area contributed by atoms with Crippen molar-refractivity contribution in [1.82, 2.24) is 0 Å². The minimum absolute atomic E-state index is 0.573. The van der Waals surface area contributed by atoms with Gasteiger partial charge in [0.05, 0.1) is 7.11 Å². The zero-order valence-corrected chi connectivity index (χ0v) is 12.4. The normalized spacial score (nSPS) is 13.5. The van der Waals surface area contributed by atoms with Gasteiger partial charge in [-0.05, 0) is 47.5 Å². The van der Waals surface area contributed by atoms with Crippen molar-refractivity contribution < 1.29 is 9.47 Å². The summed E-state index contributed by atoms with van der Waals surface area (Å²) in [5.74, 6) is 1.72. The van der Waals surface area contributed by atoms with Crippen LogP contribution in [0.1, 0.15) is 11.1 Å². The van der Waals surface area contributed by atoms with Crippen LogP contribution >= 0.6 is 11.6 Å². The van der Waals surface area contributed by atoms with Crippen LogP contribution in [0.25, 0.3) is 12.2 Å². The molecule has 0 amide bonds. The summed E-state index contributed by atoms with van der Waals surface area (Å²) in [5, 5.41) is 0.744. The molecule has 0 saturated heterocycles. The molecule has 2 aromatic rings. The summed E-state index contributed by atoms with van der Waals surface area (Å²) in [4.78, 5) is 0. The van der Waals surface area contributed by atoms with E-state index in [0.29, 0.717) is 6.61 Å². The van der Waals surface area contributed by atoms with Crippen LogP contribution in [0.3, 0.4) is 0 Å². The summed E-state index contributed by atoms with van der Waals surface area (Å²) in [5.41, 5.74) is 3.26. The van der Waals surface area contributed by atoms with Gasteiger partial charge in [0.15, 0.2) is 0 Å². The van der Waals surface area contributed by atoms with E-state index in [9.17, 15) is 0 Å². The number of methoxy groups -OCH3 is 1. The van der Waals surface area contributed by atoms with Crippen molar-refractivity contribution in [3.05, 3.63) is 70.3 Å². The SMILES string of the molecule is COc1ccc2c(c1)C=C(/C=C/c1ccc(Cl)cc1)CO2. The molecule has 3 heteroatoms. The van der Waals surface area contributed by atoms with Crippen LogP contribution in [0.5, 0.6) is 11.5 Å². The zero-order valence-electron chi connectivity index (χ0n) is 11.7. The van der Waals surface area contributed by atoms with Crippen LogP contribution in [0, 0.1) is 0 Å². The molecular weight excluding hydrogens is 284 g/mol. The second-order valence-electron chi connectivity index (χ2n) is 4.80. The summed E-state index contributed by atoms with van der Waals surface area (Å²) in [6.07, 6.45) is 6.23. The molecule has 0 N–H and O–H groups in total. The Kier molecular flexibility index (Phi) is 3.98. The molecular formula is C18H15ClO2. The molecule has 0 aliphatic carbocycles. The van der Waals surface area contributed by atoms with Crippen molar-refractivity contribution in [1.29, 1.82) is 0 Å². The van der Waals surface area contributed by atoms with E-state index in [1.54, 1.807) is 7.11 Å². The highest BCUT2D eigenvalue weighted by molar-refractivity contribution is 6.30. The van der Waals surface area contributed by atoms with Crippen molar-refractivity contribution in [2.45, 2.75) is 0 Å². The summed E-state index contributed by atoms with van der Waals surface area (Å²) in [6.45, 7) is 0.573. The van der Waals surface area contributed by atoms with Gasteiger partial charge >= 0.3 is 0 Å². The molecule has 0 atom stereocenters. The average Bonchev–Trinajstić information content (AvgIpc) is 2.53. The van der Waals surface area contributed by atoms with E-state index in [4.69, 9.17) is 21.1 Å². The van der Waals surface area contributed by atoms with Crippen molar-refractivity contribution in [3.8, 4) is 11.5 Å². The predicted molar refractivity (Wildman–Crippen MR) is 87.0 cm³/mol. The van der Waals surface area contributed by atoms with Crippen LogP contribution in [0.4, 0.5) is 0 Å². The molecule has 106 valence electrons. The first kappa shape index (κ1) is 13.8. The number of hydrogen-bond donors (Lipinski definition) is 0. The monoisotopic (exact) mass is 298 g/mol. The van der Waals surface area contributed by atoms with Crippen molar-refractivity contribution in [2.75, 3.05) is 13.7 Å². The first-order valence-corrected chi connectivity index (χ1v) is 7.07. The van der Waals surface area contributed by atoms with E-state index in [-0.39, 0.29) is 0 Å². The summed E-state index contributed by atoms with van der Waals surface area (Å²) in [7, 11) is 1.66. The Morgan fingerprint density at radius 2 is 1.90 bits per heavy atom. The minimum Gasteiger partial charge on any atom is -0.497 e. The predicted octanol–water partition coefficient (Wildman–Crippen LogP) is 4.84. The molecule has 1 aliphatic heterocycles. The van der Waals surface area contributed by atoms with E-state index in [1.807, 2.05) is 42.5 Å². The molecule has 0 aromatic heterocycles. The van der Waals surface area contributed by atoms with Crippen LogP contribution in [0.15, 0.2) is 54.1 Å². The quantitative estimate of drug-likeness (QED) is 0.807. The van der Waals surface area contributed by atoms with Crippen molar-refractivity contribution in [2.24, 2.45) is 0 Å². The molecule has 0 bridgehead atoms. The van der Waals surface area contributed by atoms with Gasteiger partial charge in [-0.15, -0.1) is 0 Å². The lowest BCUT2D eigenvalue weighted by molar-refractivity contribution is 0.349. The Bertz CT molecular complexity index is 700. The molecule has 0 spiro atoms. The van der Waals surface area contributed by atoms with E-state index >= 15 is 0 Å². The van der Waals surface area contributed by atoms with Crippen LogP contribution in [-0.4, -0.2) is 13.7 Å². The van der Waals surface area contributed by atoms with Gasteiger partial charge in [-0.3, -0.25) is 0 Å². The van der Waals surface area contributed by atoms with Crippen LogP contribution in [-0.2, 0) is 0 Å². The molecule has 0 radical (unpaired) electrons. The Hall–Kier alpha value is -2.19. The second-order valence-corrected chi connectivity index (χ2v) is 5.23. The summed E-state index contributed by atoms with van der Waals surface area (Å²) < 4.78 is 11.0. The van der Waals surface area contributed by atoms with Gasteiger partial charge in [0.1, 0.15) is 18.1 Å². The van der Waals surface area contributed by atoms with E-state index in [2.05, 4.69) is 18.2 Å². The maximum atomic E-state index is 5.88. The summed E-state index contributed by atoms with van der Waals surface area (Å²) in [6, 6.07) is 13.6. The number of ether oxygens (including phenoxy) is 2. The van der Waals surface area contributed by atoms with Gasteiger partial charge in [-0.1, -0.05) is 35.9 Å². The molecule has 2 aromatic carbocycles. The first-order valence-electron chi connectivity index (χ1n) is 6.70. The fourth-order valence-corrected chi connectivity index (χ4v) is 2.30. The van der Waals surface area contributed by atoms with E-state index < -0.39 is 0 Å². The number of hydrogen-bond acceptors (Lipinski definition) is 2. The van der Waals surface area contributed by atoms with Gasteiger partial charge in [0.2, 0.25) is 0 Å².